The lowest BCUT2D eigenvalue weighted by atomic mass is 10.00. The van der Waals surface area contributed by atoms with E-state index < -0.39 is 18.5 Å². The molecular formula is C11H11NO4. The standard InChI is InChI=1S/C11H11NO4/c1-6-12-9-4-7(2-3-10(9)16-6)8(5-13)11(14)15/h2-4,8,13H,5H2,1H3,(H,14,15). The van der Waals surface area contributed by atoms with Crippen LogP contribution in [0, 0.1) is 6.92 Å². The molecule has 5 heteroatoms. The van der Waals surface area contributed by atoms with Crippen molar-refractivity contribution in [1.82, 2.24) is 4.98 Å². The van der Waals surface area contributed by atoms with E-state index >= 15 is 0 Å². The fourth-order valence-electron chi connectivity index (χ4n) is 1.60. The highest BCUT2D eigenvalue weighted by Gasteiger charge is 2.19. The average Bonchev–Trinajstić information content (AvgIpc) is 2.57. The van der Waals surface area contributed by atoms with Gasteiger partial charge >= 0.3 is 5.97 Å². The van der Waals surface area contributed by atoms with Crippen LogP contribution in [-0.2, 0) is 4.79 Å². The smallest absolute Gasteiger partial charge is 0.313 e. The molecule has 0 radical (unpaired) electrons. The number of oxazole rings is 1. The van der Waals surface area contributed by atoms with Crippen LogP contribution in [0.15, 0.2) is 22.6 Å². The summed E-state index contributed by atoms with van der Waals surface area (Å²) < 4.78 is 5.28. The van der Waals surface area contributed by atoms with E-state index in [1.54, 1.807) is 25.1 Å². The van der Waals surface area contributed by atoms with Crippen LogP contribution >= 0.6 is 0 Å². The number of aliphatic carboxylic acids is 1. The van der Waals surface area contributed by atoms with Gasteiger partial charge in [-0.15, -0.1) is 0 Å². The van der Waals surface area contributed by atoms with Gasteiger partial charge in [0.05, 0.1) is 6.61 Å². The summed E-state index contributed by atoms with van der Waals surface area (Å²) in [6.07, 6.45) is 0. The molecule has 1 aromatic carbocycles. The van der Waals surface area contributed by atoms with E-state index in [4.69, 9.17) is 14.6 Å². The lowest BCUT2D eigenvalue weighted by Gasteiger charge is -2.08. The Morgan fingerprint density at radius 2 is 2.31 bits per heavy atom. The van der Waals surface area contributed by atoms with Gasteiger partial charge in [-0.2, -0.15) is 0 Å². The predicted octanol–water partition coefficient (Wildman–Crippen LogP) is 1.30. The van der Waals surface area contributed by atoms with Gasteiger partial charge in [-0.25, -0.2) is 4.98 Å². The Kier molecular flexibility index (Phi) is 2.62. The van der Waals surface area contributed by atoms with Gasteiger partial charge in [0, 0.05) is 6.92 Å². The molecule has 0 spiro atoms. The van der Waals surface area contributed by atoms with Crippen LogP contribution in [-0.4, -0.2) is 27.8 Å². The SMILES string of the molecule is Cc1nc2cc(C(CO)C(=O)O)ccc2o1. The molecule has 0 saturated heterocycles. The maximum absolute atomic E-state index is 10.9. The molecule has 0 aliphatic heterocycles. The number of aryl methyl sites for hydroxylation is 1. The number of aliphatic hydroxyl groups excluding tert-OH is 1. The van der Waals surface area contributed by atoms with Crippen LogP contribution in [0.25, 0.3) is 11.1 Å². The molecule has 0 fully saturated rings. The summed E-state index contributed by atoms with van der Waals surface area (Å²) in [6, 6.07) is 4.92. The highest BCUT2D eigenvalue weighted by molar-refractivity contribution is 5.80. The van der Waals surface area contributed by atoms with Gasteiger partial charge in [0.15, 0.2) is 11.5 Å². The topological polar surface area (TPSA) is 83.6 Å². The average molecular weight is 221 g/mol. The Labute approximate surface area is 91.3 Å². The first-order chi connectivity index (χ1) is 7.61. The van der Waals surface area contributed by atoms with Crippen molar-refractivity contribution in [2.24, 2.45) is 0 Å². The number of fused-ring (bicyclic) bond motifs is 1. The lowest BCUT2D eigenvalue weighted by molar-refractivity contribution is -0.139. The first-order valence-corrected chi connectivity index (χ1v) is 4.82. The van der Waals surface area contributed by atoms with Crippen molar-refractivity contribution >= 4 is 17.1 Å². The van der Waals surface area contributed by atoms with Crippen LogP contribution in [0.4, 0.5) is 0 Å². The quantitative estimate of drug-likeness (QED) is 0.816. The van der Waals surface area contributed by atoms with Crippen molar-refractivity contribution in [2.75, 3.05) is 6.61 Å². The Morgan fingerprint density at radius 3 is 2.94 bits per heavy atom. The van der Waals surface area contributed by atoms with E-state index in [2.05, 4.69) is 4.98 Å². The van der Waals surface area contributed by atoms with E-state index in [9.17, 15) is 4.79 Å². The Balaban J connectivity index is 2.48. The van der Waals surface area contributed by atoms with Crippen LogP contribution in [0.5, 0.6) is 0 Å². The lowest BCUT2D eigenvalue weighted by Crippen LogP contribution is -2.15. The molecule has 1 heterocycles. The molecular weight excluding hydrogens is 210 g/mol. The summed E-state index contributed by atoms with van der Waals surface area (Å²) >= 11 is 0. The van der Waals surface area contributed by atoms with Crippen LogP contribution in [0.2, 0.25) is 0 Å². The third kappa shape index (κ3) is 1.77. The van der Waals surface area contributed by atoms with E-state index in [0.29, 0.717) is 22.6 Å². The summed E-state index contributed by atoms with van der Waals surface area (Å²) in [6.45, 7) is 1.29. The van der Waals surface area contributed by atoms with Crippen molar-refractivity contribution in [2.45, 2.75) is 12.8 Å². The number of rotatable bonds is 3. The van der Waals surface area contributed by atoms with E-state index in [1.165, 1.54) is 0 Å². The zero-order chi connectivity index (χ0) is 11.7. The Bertz CT molecular complexity index is 532. The highest BCUT2D eigenvalue weighted by atomic mass is 16.4. The first kappa shape index (κ1) is 10.6. The number of aromatic nitrogens is 1. The number of nitrogens with zero attached hydrogens (tertiary/aromatic N) is 1. The molecule has 2 aromatic rings. The summed E-state index contributed by atoms with van der Waals surface area (Å²) in [5.74, 6) is -1.44. The molecule has 5 nitrogen and oxygen atoms in total. The molecule has 0 saturated carbocycles. The number of carboxylic acid groups (broad SMARTS) is 1. The number of aliphatic hydroxyl groups is 1. The molecule has 0 aliphatic rings. The number of hydrogen-bond acceptors (Lipinski definition) is 4. The molecule has 84 valence electrons. The van der Waals surface area contributed by atoms with E-state index in [1.807, 2.05) is 0 Å². The zero-order valence-electron chi connectivity index (χ0n) is 8.67. The number of carbonyl (C=O) groups is 1. The van der Waals surface area contributed by atoms with Gasteiger partial charge < -0.3 is 14.6 Å². The molecule has 2 rings (SSSR count). The van der Waals surface area contributed by atoms with E-state index in [0.717, 1.165) is 0 Å². The number of benzene rings is 1. The van der Waals surface area contributed by atoms with Crippen molar-refractivity contribution in [1.29, 1.82) is 0 Å². The second-order valence-corrected chi connectivity index (χ2v) is 3.53. The minimum Gasteiger partial charge on any atom is -0.481 e. The first-order valence-electron chi connectivity index (χ1n) is 4.82. The molecule has 0 aliphatic carbocycles. The molecule has 1 atom stereocenters. The largest absolute Gasteiger partial charge is 0.481 e. The van der Waals surface area contributed by atoms with Gasteiger partial charge in [-0.05, 0) is 17.7 Å². The zero-order valence-corrected chi connectivity index (χ0v) is 8.67. The van der Waals surface area contributed by atoms with Crippen molar-refractivity contribution in [3.8, 4) is 0 Å². The van der Waals surface area contributed by atoms with Gasteiger partial charge in [-0.3, -0.25) is 4.79 Å². The normalized spacial score (nSPS) is 12.9. The summed E-state index contributed by atoms with van der Waals surface area (Å²) in [7, 11) is 0. The molecule has 0 amide bonds. The number of hydrogen-bond donors (Lipinski definition) is 2. The Morgan fingerprint density at radius 1 is 1.56 bits per heavy atom. The molecule has 2 N–H and O–H groups in total. The van der Waals surface area contributed by atoms with Crippen molar-refractivity contribution in [3.63, 3.8) is 0 Å². The highest BCUT2D eigenvalue weighted by Crippen LogP contribution is 2.22. The molecule has 16 heavy (non-hydrogen) atoms. The third-order valence-electron chi connectivity index (χ3n) is 2.40. The van der Waals surface area contributed by atoms with E-state index in [-0.39, 0.29) is 0 Å². The fourth-order valence-corrected chi connectivity index (χ4v) is 1.60. The summed E-state index contributed by atoms with van der Waals surface area (Å²) in [5.41, 5.74) is 1.74. The monoisotopic (exact) mass is 221 g/mol. The molecule has 0 bridgehead atoms. The second-order valence-electron chi connectivity index (χ2n) is 3.53. The summed E-state index contributed by atoms with van der Waals surface area (Å²) in [5, 5.41) is 17.9. The summed E-state index contributed by atoms with van der Waals surface area (Å²) in [4.78, 5) is 15.0. The number of carboxylic acids is 1. The van der Waals surface area contributed by atoms with Gasteiger partial charge in [0.1, 0.15) is 11.4 Å². The van der Waals surface area contributed by atoms with Crippen LogP contribution in [0.3, 0.4) is 0 Å². The third-order valence-corrected chi connectivity index (χ3v) is 2.40. The molecule has 1 unspecified atom stereocenters. The van der Waals surface area contributed by atoms with Crippen molar-refractivity contribution in [3.05, 3.63) is 29.7 Å². The van der Waals surface area contributed by atoms with Crippen LogP contribution in [0.1, 0.15) is 17.4 Å². The van der Waals surface area contributed by atoms with Gasteiger partial charge in [0.2, 0.25) is 0 Å². The van der Waals surface area contributed by atoms with Gasteiger partial charge in [-0.1, -0.05) is 6.07 Å². The maximum Gasteiger partial charge on any atom is 0.313 e. The van der Waals surface area contributed by atoms with Crippen LogP contribution < -0.4 is 0 Å². The fraction of sp³-hybridized carbons (Fsp3) is 0.273. The van der Waals surface area contributed by atoms with Gasteiger partial charge in [0.25, 0.3) is 0 Å². The van der Waals surface area contributed by atoms with Crippen molar-refractivity contribution < 1.29 is 19.4 Å². The second kappa shape index (κ2) is 3.94. The molecule has 1 aromatic heterocycles. The predicted molar refractivity (Wildman–Crippen MR) is 56.2 cm³/mol. The Hall–Kier alpha value is -1.88. The maximum atomic E-state index is 10.9. The minimum atomic E-state index is -1.05. The minimum absolute atomic E-state index is 0.433.